The Bertz CT molecular complexity index is 331. The maximum Gasteiger partial charge on any atom is 0.142 e. The zero-order chi connectivity index (χ0) is 10.7. The molecule has 0 bridgehead atoms. The molecular weight excluding hydrogens is 204 g/mol. The first-order valence-corrected chi connectivity index (χ1v) is 4.47. The molecule has 0 amide bonds. The van der Waals surface area contributed by atoms with Gasteiger partial charge in [0.05, 0.1) is 25.4 Å². The van der Waals surface area contributed by atoms with E-state index in [9.17, 15) is 0 Å². The Morgan fingerprint density at radius 2 is 2.21 bits per heavy atom. The Morgan fingerprint density at radius 3 is 2.71 bits per heavy atom. The third-order valence-corrected chi connectivity index (χ3v) is 2.27. The highest BCUT2D eigenvalue weighted by Crippen LogP contribution is 2.31. The SMILES string of the molecule is COc1cc([C@H](N)CO)c(Cl)cc1N. The van der Waals surface area contributed by atoms with Crippen molar-refractivity contribution < 1.29 is 9.84 Å². The predicted octanol–water partition coefficient (Wildman–Crippen LogP) is 0.923. The molecule has 0 unspecified atom stereocenters. The number of halogens is 1. The third kappa shape index (κ3) is 2.09. The van der Waals surface area contributed by atoms with Gasteiger partial charge in [0.2, 0.25) is 0 Å². The number of aliphatic hydroxyl groups is 1. The van der Waals surface area contributed by atoms with Gasteiger partial charge in [-0.3, -0.25) is 0 Å². The molecule has 0 aromatic heterocycles. The Labute approximate surface area is 87.4 Å². The summed E-state index contributed by atoms with van der Waals surface area (Å²) in [6, 6.07) is 2.68. The van der Waals surface area contributed by atoms with E-state index in [1.165, 1.54) is 7.11 Å². The van der Waals surface area contributed by atoms with Crippen LogP contribution in [0.2, 0.25) is 5.02 Å². The first-order valence-electron chi connectivity index (χ1n) is 4.09. The van der Waals surface area contributed by atoms with Crippen LogP contribution in [0.5, 0.6) is 5.75 Å². The smallest absolute Gasteiger partial charge is 0.142 e. The molecule has 0 fully saturated rings. The lowest BCUT2D eigenvalue weighted by Crippen LogP contribution is -2.15. The van der Waals surface area contributed by atoms with Gasteiger partial charge in [-0.05, 0) is 17.7 Å². The van der Waals surface area contributed by atoms with Gasteiger partial charge >= 0.3 is 0 Å². The Kier molecular flexibility index (Phi) is 3.57. The largest absolute Gasteiger partial charge is 0.495 e. The number of hydrogen-bond acceptors (Lipinski definition) is 4. The standard InChI is InChI=1S/C9H13ClN2O2/c1-14-9-2-5(8(12)4-13)6(10)3-7(9)11/h2-3,8,13H,4,11-12H2,1H3/t8-/m1/s1. The van der Waals surface area contributed by atoms with Gasteiger partial charge < -0.3 is 21.3 Å². The van der Waals surface area contributed by atoms with E-state index in [0.717, 1.165) is 0 Å². The van der Waals surface area contributed by atoms with Crippen LogP contribution in [-0.4, -0.2) is 18.8 Å². The van der Waals surface area contributed by atoms with Gasteiger partial charge in [0.25, 0.3) is 0 Å². The molecule has 4 nitrogen and oxygen atoms in total. The monoisotopic (exact) mass is 216 g/mol. The fraction of sp³-hybridized carbons (Fsp3) is 0.333. The Balaban J connectivity index is 3.17. The summed E-state index contributed by atoms with van der Waals surface area (Å²) >= 11 is 5.91. The average molecular weight is 217 g/mol. The fourth-order valence-electron chi connectivity index (χ4n) is 1.14. The molecule has 1 aromatic carbocycles. The average Bonchev–Trinajstić information content (AvgIpc) is 2.17. The van der Waals surface area contributed by atoms with Crippen LogP contribution in [0, 0.1) is 0 Å². The van der Waals surface area contributed by atoms with Crippen molar-refractivity contribution in [3.63, 3.8) is 0 Å². The zero-order valence-corrected chi connectivity index (χ0v) is 8.58. The first kappa shape index (κ1) is 11.1. The Hall–Kier alpha value is -0.970. The normalized spacial score (nSPS) is 12.6. The summed E-state index contributed by atoms with van der Waals surface area (Å²) in [5.41, 5.74) is 12.3. The predicted molar refractivity (Wildman–Crippen MR) is 56.4 cm³/mol. The summed E-state index contributed by atoms with van der Waals surface area (Å²) in [5.74, 6) is 0.508. The minimum atomic E-state index is -0.517. The zero-order valence-electron chi connectivity index (χ0n) is 7.83. The number of methoxy groups -OCH3 is 1. The van der Waals surface area contributed by atoms with Crippen LogP contribution in [-0.2, 0) is 0 Å². The molecule has 1 atom stereocenters. The summed E-state index contributed by atoms with van der Waals surface area (Å²) in [4.78, 5) is 0. The van der Waals surface area contributed by atoms with E-state index in [1.807, 2.05) is 0 Å². The molecule has 0 heterocycles. The van der Waals surface area contributed by atoms with Gasteiger partial charge in [-0.2, -0.15) is 0 Å². The molecule has 5 N–H and O–H groups in total. The van der Waals surface area contributed by atoms with Crippen LogP contribution in [0.1, 0.15) is 11.6 Å². The van der Waals surface area contributed by atoms with Crippen LogP contribution >= 0.6 is 11.6 Å². The van der Waals surface area contributed by atoms with E-state index >= 15 is 0 Å². The van der Waals surface area contributed by atoms with E-state index in [0.29, 0.717) is 22.0 Å². The molecule has 0 spiro atoms. The molecule has 5 heteroatoms. The van der Waals surface area contributed by atoms with Gasteiger partial charge in [-0.15, -0.1) is 0 Å². The molecule has 1 aromatic rings. The summed E-state index contributed by atoms with van der Waals surface area (Å²) in [6.07, 6.45) is 0. The van der Waals surface area contributed by atoms with Crippen LogP contribution in [0.25, 0.3) is 0 Å². The molecule has 14 heavy (non-hydrogen) atoms. The molecular formula is C9H13ClN2O2. The van der Waals surface area contributed by atoms with Crippen molar-refractivity contribution in [1.82, 2.24) is 0 Å². The highest BCUT2D eigenvalue weighted by atomic mass is 35.5. The molecule has 0 saturated heterocycles. The van der Waals surface area contributed by atoms with E-state index in [4.69, 9.17) is 32.9 Å². The van der Waals surface area contributed by atoms with Crippen LogP contribution in [0.15, 0.2) is 12.1 Å². The van der Waals surface area contributed by atoms with Crippen molar-refractivity contribution in [1.29, 1.82) is 0 Å². The van der Waals surface area contributed by atoms with E-state index in [-0.39, 0.29) is 6.61 Å². The number of nitrogen functional groups attached to an aromatic ring is 1. The summed E-state index contributed by atoms with van der Waals surface area (Å²) in [7, 11) is 1.51. The maximum absolute atomic E-state index is 8.89. The molecule has 0 radical (unpaired) electrons. The van der Waals surface area contributed by atoms with Gasteiger partial charge in [0, 0.05) is 5.02 Å². The van der Waals surface area contributed by atoms with Crippen LogP contribution in [0.3, 0.4) is 0 Å². The maximum atomic E-state index is 8.89. The van der Waals surface area contributed by atoms with Crippen LogP contribution in [0.4, 0.5) is 5.69 Å². The first-order chi connectivity index (χ1) is 6.60. The van der Waals surface area contributed by atoms with Crippen LogP contribution < -0.4 is 16.2 Å². The number of aliphatic hydroxyl groups excluding tert-OH is 1. The molecule has 0 saturated carbocycles. The second-order valence-electron chi connectivity index (χ2n) is 2.90. The number of nitrogens with two attached hydrogens (primary N) is 2. The molecule has 0 aliphatic heterocycles. The summed E-state index contributed by atoms with van der Waals surface area (Å²) in [5, 5.41) is 9.32. The Morgan fingerprint density at radius 1 is 1.57 bits per heavy atom. The lowest BCUT2D eigenvalue weighted by Gasteiger charge is -2.13. The van der Waals surface area contributed by atoms with Crippen molar-refractivity contribution in [3.8, 4) is 5.75 Å². The van der Waals surface area contributed by atoms with Crippen molar-refractivity contribution in [3.05, 3.63) is 22.7 Å². The number of ether oxygens (including phenoxy) is 1. The molecule has 78 valence electrons. The van der Waals surface area contributed by atoms with Crippen molar-refractivity contribution in [2.75, 3.05) is 19.5 Å². The number of benzene rings is 1. The lowest BCUT2D eigenvalue weighted by molar-refractivity contribution is 0.268. The number of rotatable bonds is 3. The molecule has 0 aliphatic rings. The highest BCUT2D eigenvalue weighted by Gasteiger charge is 2.12. The second kappa shape index (κ2) is 4.50. The third-order valence-electron chi connectivity index (χ3n) is 1.95. The van der Waals surface area contributed by atoms with Crippen molar-refractivity contribution in [2.45, 2.75) is 6.04 Å². The summed E-state index contributed by atoms with van der Waals surface area (Å²) < 4.78 is 5.01. The van der Waals surface area contributed by atoms with Gasteiger partial charge in [0.15, 0.2) is 0 Å². The topological polar surface area (TPSA) is 81.5 Å². The molecule has 0 aliphatic carbocycles. The quantitative estimate of drug-likeness (QED) is 0.657. The number of hydrogen-bond donors (Lipinski definition) is 3. The van der Waals surface area contributed by atoms with E-state index < -0.39 is 6.04 Å². The van der Waals surface area contributed by atoms with Crippen molar-refractivity contribution in [2.24, 2.45) is 5.73 Å². The highest BCUT2D eigenvalue weighted by molar-refractivity contribution is 6.31. The van der Waals surface area contributed by atoms with E-state index in [2.05, 4.69) is 0 Å². The summed E-state index contributed by atoms with van der Waals surface area (Å²) in [6.45, 7) is -0.174. The van der Waals surface area contributed by atoms with Crippen molar-refractivity contribution >= 4 is 17.3 Å². The van der Waals surface area contributed by atoms with E-state index in [1.54, 1.807) is 12.1 Å². The fourth-order valence-corrected chi connectivity index (χ4v) is 1.46. The van der Waals surface area contributed by atoms with Gasteiger partial charge in [-0.1, -0.05) is 11.6 Å². The van der Waals surface area contributed by atoms with Gasteiger partial charge in [-0.25, -0.2) is 0 Å². The minimum Gasteiger partial charge on any atom is -0.495 e. The minimum absolute atomic E-state index is 0.174. The van der Waals surface area contributed by atoms with Gasteiger partial charge in [0.1, 0.15) is 5.75 Å². The molecule has 1 rings (SSSR count). The number of anilines is 1. The lowest BCUT2D eigenvalue weighted by atomic mass is 10.1. The second-order valence-corrected chi connectivity index (χ2v) is 3.31.